The van der Waals surface area contributed by atoms with Gasteiger partial charge in [-0.3, -0.25) is 9.89 Å². The molecule has 1 unspecified atom stereocenters. The van der Waals surface area contributed by atoms with Gasteiger partial charge in [0, 0.05) is 18.3 Å². The Morgan fingerprint density at radius 3 is 2.67 bits per heavy atom. The van der Waals surface area contributed by atoms with E-state index >= 15 is 0 Å². The normalized spacial score (nSPS) is 18.3. The van der Waals surface area contributed by atoms with Crippen LogP contribution in [0, 0.1) is 12.7 Å². The third-order valence-electron chi connectivity index (χ3n) is 3.36. The third kappa shape index (κ3) is 1.37. The van der Waals surface area contributed by atoms with E-state index in [2.05, 4.69) is 10.2 Å². The van der Waals surface area contributed by atoms with Crippen molar-refractivity contribution < 1.29 is 9.18 Å². The predicted octanol–water partition coefficient (Wildman–Crippen LogP) is 2.03. The van der Waals surface area contributed by atoms with Gasteiger partial charge in [0.2, 0.25) is 0 Å². The maximum atomic E-state index is 13.0. The number of nitrogens with one attached hydrogen (secondary N) is 1. The van der Waals surface area contributed by atoms with Gasteiger partial charge >= 0.3 is 0 Å². The fraction of sp³-hybridized carbons (Fsp3) is 0.231. The molecule has 1 amide bonds. The molecule has 3 rings (SSSR count). The van der Waals surface area contributed by atoms with Crippen LogP contribution in [0.2, 0.25) is 0 Å². The van der Waals surface area contributed by atoms with Crippen LogP contribution < -0.4 is 0 Å². The average Bonchev–Trinajstić information content (AvgIpc) is 2.84. The largest absolute Gasteiger partial charge is 0.329 e. The molecule has 1 N–H and O–H groups in total. The number of carbonyl (C=O) groups excluding carboxylic acids is 1. The zero-order valence-electron chi connectivity index (χ0n) is 10.1. The summed E-state index contributed by atoms with van der Waals surface area (Å²) in [5, 5.41) is 6.86. The minimum Gasteiger partial charge on any atom is -0.329 e. The Hall–Kier alpha value is -2.17. The first-order valence-corrected chi connectivity index (χ1v) is 5.67. The summed E-state index contributed by atoms with van der Waals surface area (Å²) in [7, 11) is 1.73. The van der Waals surface area contributed by atoms with Crippen molar-refractivity contribution in [3.8, 4) is 0 Å². The fourth-order valence-corrected chi connectivity index (χ4v) is 2.45. The molecule has 0 bridgehead atoms. The van der Waals surface area contributed by atoms with E-state index in [9.17, 15) is 9.18 Å². The minimum atomic E-state index is -0.283. The summed E-state index contributed by atoms with van der Waals surface area (Å²) in [5.74, 6) is -0.390. The van der Waals surface area contributed by atoms with Crippen LogP contribution in [-0.4, -0.2) is 28.1 Å². The Labute approximate surface area is 103 Å². The van der Waals surface area contributed by atoms with Crippen molar-refractivity contribution in [2.24, 2.45) is 0 Å². The molecule has 1 aliphatic heterocycles. The number of halogens is 1. The smallest absolute Gasteiger partial charge is 0.275 e. The quantitative estimate of drug-likeness (QED) is 0.835. The van der Waals surface area contributed by atoms with Crippen molar-refractivity contribution in [2.75, 3.05) is 7.05 Å². The third-order valence-corrected chi connectivity index (χ3v) is 3.36. The van der Waals surface area contributed by atoms with E-state index < -0.39 is 0 Å². The molecule has 0 radical (unpaired) electrons. The predicted molar refractivity (Wildman–Crippen MR) is 63.7 cm³/mol. The lowest BCUT2D eigenvalue weighted by atomic mass is 9.99. The summed E-state index contributed by atoms with van der Waals surface area (Å²) in [6.45, 7) is 1.88. The number of amides is 1. The van der Waals surface area contributed by atoms with Gasteiger partial charge in [-0.15, -0.1) is 0 Å². The van der Waals surface area contributed by atoms with Crippen molar-refractivity contribution in [3.63, 3.8) is 0 Å². The number of rotatable bonds is 1. The second kappa shape index (κ2) is 3.66. The molecule has 1 aliphatic rings. The Morgan fingerprint density at radius 1 is 1.33 bits per heavy atom. The maximum absolute atomic E-state index is 13.0. The van der Waals surface area contributed by atoms with Gasteiger partial charge in [0.1, 0.15) is 5.82 Å². The van der Waals surface area contributed by atoms with Crippen molar-refractivity contribution in [2.45, 2.75) is 13.0 Å². The maximum Gasteiger partial charge on any atom is 0.275 e. The SMILES string of the molecule is Cc1[nH]nc2c1C(c1ccc(F)cc1)N(C)C2=O. The van der Waals surface area contributed by atoms with E-state index in [1.165, 1.54) is 12.1 Å². The molecule has 0 saturated heterocycles. The highest BCUT2D eigenvalue weighted by molar-refractivity contribution is 5.98. The van der Waals surface area contributed by atoms with Crippen molar-refractivity contribution in [3.05, 3.63) is 52.6 Å². The van der Waals surface area contributed by atoms with Crippen LogP contribution in [0.15, 0.2) is 24.3 Å². The lowest BCUT2D eigenvalue weighted by molar-refractivity contribution is 0.0787. The van der Waals surface area contributed by atoms with E-state index in [0.29, 0.717) is 5.69 Å². The van der Waals surface area contributed by atoms with Gasteiger partial charge in [0.05, 0.1) is 6.04 Å². The molecule has 0 fully saturated rings. The highest BCUT2D eigenvalue weighted by Gasteiger charge is 2.39. The summed E-state index contributed by atoms with van der Waals surface area (Å²) in [4.78, 5) is 13.7. The van der Waals surface area contributed by atoms with Crippen molar-refractivity contribution in [1.82, 2.24) is 15.1 Å². The number of carbonyl (C=O) groups is 1. The Kier molecular flexibility index (Phi) is 2.23. The van der Waals surface area contributed by atoms with Crippen LogP contribution in [0.25, 0.3) is 0 Å². The van der Waals surface area contributed by atoms with Crippen LogP contribution >= 0.6 is 0 Å². The van der Waals surface area contributed by atoms with Crippen LogP contribution in [0.1, 0.15) is 33.4 Å². The van der Waals surface area contributed by atoms with Gasteiger partial charge in [0.25, 0.3) is 5.91 Å². The second-order valence-corrected chi connectivity index (χ2v) is 4.48. The summed E-state index contributed by atoms with van der Waals surface area (Å²) in [6, 6.07) is 6.02. The Morgan fingerprint density at radius 2 is 2.00 bits per heavy atom. The highest BCUT2D eigenvalue weighted by Crippen LogP contribution is 2.37. The first-order chi connectivity index (χ1) is 8.59. The number of fused-ring (bicyclic) bond motifs is 1. The number of H-pyrrole nitrogens is 1. The number of aromatic nitrogens is 2. The molecule has 5 heteroatoms. The molecule has 1 aromatic carbocycles. The van der Waals surface area contributed by atoms with Crippen LogP contribution in [-0.2, 0) is 0 Å². The topological polar surface area (TPSA) is 49.0 Å². The summed E-state index contributed by atoms with van der Waals surface area (Å²) in [6.07, 6.45) is 0. The molecule has 1 aromatic heterocycles. The second-order valence-electron chi connectivity index (χ2n) is 4.48. The molecule has 2 heterocycles. The Balaban J connectivity index is 2.14. The number of nitrogens with zero attached hydrogens (tertiary/aromatic N) is 2. The summed E-state index contributed by atoms with van der Waals surface area (Å²) < 4.78 is 13.0. The molecule has 2 aromatic rings. The highest BCUT2D eigenvalue weighted by atomic mass is 19.1. The number of benzene rings is 1. The number of hydrogen-bond donors (Lipinski definition) is 1. The first-order valence-electron chi connectivity index (χ1n) is 5.67. The molecule has 0 saturated carbocycles. The minimum absolute atomic E-state index is 0.108. The monoisotopic (exact) mass is 245 g/mol. The number of aromatic amines is 1. The summed E-state index contributed by atoms with van der Waals surface area (Å²) >= 11 is 0. The number of hydrogen-bond acceptors (Lipinski definition) is 2. The zero-order chi connectivity index (χ0) is 12.9. The van der Waals surface area contributed by atoms with Gasteiger partial charge in [0.15, 0.2) is 5.69 Å². The lowest BCUT2D eigenvalue weighted by Crippen LogP contribution is -2.24. The van der Waals surface area contributed by atoms with E-state index in [1.54, 1.807) is 24.1 Å². The van der Waals surface area contributed by atoms with Crippen molar-refractivity contribution >= 4 is 5.91 Å². The first kappa shape index (κ1) is 11.0. The number of aryl methyl sites for hydroxylation is 1. The van der Waals surface area contributed by atoms with Gasteiger partial charge in [-0.2, -0.15) is 5.10 Å². The molecular formula is C13H12FN3O. The average molecular weight is 245 g/mol. The fourth-order valence-electron chi connectivity index (χ4n) is 2.45. The van der Waals surface area contributed by atoms with E-state index in [-0.39, 0.29) is 17.8 Å². The van der Waals surface area contributed by atoms with Gasteiger partial charge in [-0.1, -0.05) is 12.1 Å². The molecule has 18 heavy (non-hydrogen) atoms. The van der Waals surface area contributed by atoms with Crippen LogP contribution in [0.5, 0.6) is 0 Å². The lowest BCUT2D eigenvalue weighted by Gasteiger charge is -2.21. The molecule has 0 spiro atoms. The van der Waals surface area contributed by atoms with Gasteiger partial charge < -0.3 is 4.90 Å². The van der Waals surface area contributed by atoms with Gasteiger partial charge in [-0.25, -0.2) is 4.39 Å². The summed E-state index contributed by atoms with van der Waals surface area (Å²) in [5.41, 5.74) is 3.10. The van der Waals surface area contributed by atoms with Crippen LogP contribution in [0.4, 0.5) is 4.39 Å². The molecule has 4 nitrogen and oxygen atoms in total. The van der Waals surface area contributed by atoms with E-state index in [1.807, 2.05) is 6.92 Å². The zero-order valence-corrected chi connectivity index (χ0v) is 10.1. The van der Waals surface area contributed by atoms with Crippen molar-refractivity contribution in [1.29, 1.82) is 0 Å². The van der Waals surface area contributed by atoms with Crippen LogP contribution in [0.3, 0.4) is 0 Å². The molecule has 0 aliphatic carbocycles. The molecule has 1 atom stereocenters. The Bertz CT molecular complexity index is 618. The van der Waals surface area contributed by atoms with Gasteiger partial charge in [-0.05, 0) is 24.6 Å². The molecular weight excluding hydrogens is 233 g/mol. The molecule has 92 valence electrons. The van der Waals surface area contributed by atoms with E-state index in [4.69, 9.17) is 0 Å². The van der Waals surface area contributed by atoms with E-state index in [0.717, 1.165) is 16.8 Å². The standard InChI is InChI=1S/C13H12FN3O/c1-7-10-11(16-15-7)13(18)17(2)12(10)8-3-5-9(14)6-4-8/h3-6,12H,1-2H3,(H,15,16).